The number of carboxylic acids is 2. The molecule has 0 aliphatic carbocycles. The number of amides is 3. The number of aromatic amines is 1. The molecule has 0 spiro atoms. The number of hydrogen-bond donors (Lipinski definition) is 7. The van der Waals surface area contributed by atoms with Gasteiger partial charge in [0.15, 0.2) is 0 Å². The average Bonchev–Trinajstić information content (AvgIpc) is 3.30. The zero-order valence-corrected chi connectivity index (χ0v) is 20.8. The fourth-order valence-electron chi connectivity index (χ4n) is 3.06. The van der Waals surface area contributed by atoms with Gasteiger partial charge < -0.3 is 36.9 Å². The van der Waals surface area contributed by atoms with Crippen molar-refractivity contribution in [1.82, 2.24) is 25.9 Å². The standard InChI is InChI=1S/C21H34N6O7S/c1-11(2)17(21(33)34)27-19(31)14(4-5-16(28)29)25-20(32)15(8-12-9-23-10-24-12)26-18(30)13(22)6-7-35-3/h9-11,13-15,17H,4-8,22H2,1-3H3,(H,23,24)(H,25,32)(H,26,30)(H,27,31)(H,28,29)(H,33,34). The Kier molecular flexibility index (Phi) is 12.8. The molecular formula is C21H34N6O7S. The molecule has 13 nitrogen and oxygen atoms in total. The molecule has 4 atom stereocenters. The van der Waals surface area contributed by atoms with Crippen LogP contribution in [0.25, 0.3) is 0 Å². The molecule has 3 amide bonds. The van der Waals surface area contributed by atoms with Crippen molar-refractivity contribution in [3.8, 4) is 0 Å². The van der Waals surface area contributed by atoms with Gasteiger partial charge in [-0.25, -0.2) is 9.78 Å². The summed E-state index contributed by atoms with van der Waals surface area (Å²) >= 11 is 1.52. The van der Waals surface area contributed by atoms with Crippen LogP contribution >= 0.6 is 11.8 Å². The normalized spacial score (nSPS) is 14.4. The summed E-state index contributed by atoms with van der Waals surface area (Å²) in [6, 6.07) is -4.58. The third-order valence-electron chi connectivity index (χ3n) is 5.09. The number of aromatic nitrogens is 2. The van der Waals surface area contributed by atoms with Crippen LogP contribution in [-0.4, -0.2) is 86.0 Å². The molecule has 35 heavy (non-hydrogen) atoms. The Hall–Kier alpha value is -3.13. The second-order valence-corrected chi connectivity index (χ2v) is 9.28. The first-order chi connectivity index (χ1) is 16.5. The monoisotopic (exact) mass is 514 g/mol. The van der Waals surface area contributed by atoms with E-state index in [9.17, 15) is 29.1 Å². The lowest BCUT2D eigenvalue weighted by Crippen LogP contribution is -2.58. The lowest BCUT2D eigenvalue weighted by atomic mass is 10.0. The number of thioether (sulfide) groups is 1. The van der Waals surface area contributed by atoms with Crippen LogP contribution in [0.15, 0.2) is 12.5 Å². The predicted octanol–water partition coefficient (Wildman–Crippen LogP) is -0.908. The SMILES string of the molecule is CSCCC(N)C(=O)NC(Cc1cnc[nH]1)C(=O)NC(CCC(=O)O)C(=O)NC(C(=O)O)C(C)C. The van der Waals surface area contributed by atoms with Gasteiger partial charge in [0.2, 0.25) is 17.7 Å². The smallest absolute Gasteiger partial charge is 0.326 e. The molecule has 196 valence electrons. The van der Waals surface area contributed by atoms with E-state index in [1.807, 2.05) is 6.26 Å². The summed E-state index contributed by atoms with van der Waals surface area (Å²) in [4.78, 5) is 67.7. The molecule has 0 saturated carbocycles. The minimum Gasteiger partial charge on any atom is -0.481 e. The Morgan fingerprint density at radius 1 is 1.03 bits per heavy atom. The van der Waals surface area contributed by atoms with Crippen molar-refractivity contribution in [1.29, 1.82) is 0 Å². The minimum absolute atomic E-state index is 0.00381. The number of imidazole rings is 1. The third kappa shape index (κ3) is 10.8. The van der Waals surface area contributed by atoms with E-state index in [0.717, 1.165) is 0 Å². The number of rotatable bonds is 16. The highest BCUT2D eigenvalue weighted by Gasteiger charge is 2.31. The van der Waals surface area contributed by atoms with Gasteiger partial charge in [-0.3, -0.25) is 19.2 Å². The molecule has 0 bridgehead atoms. The Morgan fingerprint density at radius 2 is 1.66 bits per heavy atom. The number of nitrogens with two attached hydrogens (primary N) is 1. The van der Waals surface area contributed by atoms with Gasteiger partial charge in [0.1, 0.15) is 18.1 Å². The van der Waals surface area contributed by atoms with Crippen molar-refractivity contribution in [3.63, 3.8) is 0 Å². The zero-order valence-electron chi connectivity index (χ0n) is 19.9. The van der Waals surface area contributed by atoms with Crippen LogP contribution in [0.5, 0.6) is 0 Å². The van der Waals surface area contributed by atoms with E-state index < -0.39 is 66.2 Å². The number of carbonyl (C=O) groups excluding carboxylic acids is 3. The number of nitrogens with one attached hydrogen (secondary N) is 4. The second-order valence-electron chi connectivity index (χ2n) is 8.29. The minimum atomic E-state index is -1.34. The summed E-state index contributed by atoms with van der Waals surface area (Å²) in [6.45, 7) is 3.19. The molecule has 0 radical (unpaired) electrons. The van der Waals surface area contributed by atoms with Crippen molar-refractivity contribution < 1.29 is 34.2 Å². The molecule has 0 fully saturated rings. The molecule has 1 rings (SSSR count). The molecule has 14 heteroatoms. The Labute approximate surface area is 207 Å². The lowest BCUT2D eigenvalue weighted by Gasteiger charge is -2.25. The average molecular weight is 515 g/mol. The first kappa shape index (κ1) is 29.9. The van der Waals surface area contributed by atoms with Gasteiger partial charge in [0, 0.05) is 24.7 Å². The van der Waals surface area contributed by atoms with Crippen LogP contribution in [0.3, 0.4) is 0 Å². The number of carboxylic acid groups (broad SMARTS) is 2. The molecule has 0 saturated heterocycles. The number of carbonyl (C=O) groups is 5. The highest BCUT2D eigenvalue weighted by Crippen LogP contribution is 2.07. The number of aliphatic carboxylic acids is 2. The van der Waals surface area contributed by atoms with Gasteiger partial charge in [-0.2, -0.15) is 11.8 Å². The van der Waals surface area contributed by atoms with Crippen LogP contribution in [-0.2, 0) is 30.4 Å². The van der Waals surface area contributed by atoms with Crippen LogP contribution in [0.4, 0.5) is 0 Å². The third-order valence-corrected chi connectivity index (χ3v) is 5.74. The zero-order chi connectivity index (χ0) is 26.5. The van der Waals surface area contributed by atoms with E-state index in [2.05, 4.69) is 25.9 Å². The molecule has 0 aromatic carbocycles. The maximum atomic E-state index is 13.1. The number of nitrogens with zero attached hydrogens (tertiary/aromatic N) is 1. The van der Waals surface area contributed by atoms with E-state index in [1.165, 1.54) is 24.3 Å². The molecule has 0 aliphatic heterocycles. The highest BCUT2D eigenvalue weighted by molar-refractivity contribution is 7.98. The van der Waals surface area contributed by atoms with Crippen molar-refractivity contribution in [2.75, 3.05) is 12.0 Å². The summed E-state index contributed by atoms with van der Waals surface area (Å²) in [6.07, 6.45) is 4.40. The van der Waals surface area contributed by atoms with Gasteiger partial charge in [0.25, 0.3) is 0 Å². The molecule has 8 N–H and O–H groups in total. The van der Waals surface area contributed by atoms with Gasteiger partial charge >= 0.3 is 11.9 Å². The highest BCUT2D eigenvalue weighted by atomic mass is 32.2. The van der Waals surface area contributed by atoms with E-state index >= 15 is 0 Å². The summed E-state index contributed by atoms with van der Waals surface area (Å²) in [5.41, 5.74) is 6.43. The van der Waals surface area contributed by atoms with Crippen molar-refractivity contribution in [2.45, 2.75) is 63.7 Å². The number of H-pyrrole nitrogens is 1. The van der Waals surface area contributed by atoms with E-state index in [4.69, 9.17) is 10.8 Å². The summed E-state index contributed by atoms with van der Waals surface area (Å²) in [7, 11) is 0. The molecule has 1 aromatic heterocycles. The maximum Gasteiger partial charge on any atom is 0.326 e. The summed E-state index contributed by atoms with van der Waals surface area (Å²) in [5, 5.41) is 25.8. The van der Waals surface area contributed by atoms with E-state index in [0.29, 0.717) is 17.9 Å². The Morgan fingerprint density at radius 3 is 2.17 bits per heavy atom. The quantitative estimate of drug-likeness (QED) is 0.144. The van der Waals surface area contributed by atoms with Gasteiger partial charge in [-0.1, -0.05) is 13.8 Å². The second kappa shape index (κ2) is 15.0. The first-order valence-corrected chi connectivity index (χ1v) is 12.4. The molecular weight excluding hydrogens is 480 g/mol. The first-order valence-electron chi connectivity index (χ1n) is 11.0. The maximum absolute atomic E-state index is 13.1. The predicted molar refractivity (Wildman–Crippen MR) is 128 cm³/mol. The van der Waals surface area contributed by atoms with Crippen molar-refractivity contribution in [3.05, 3.63) is 18.2 Å². The van der Waals surface area contributed by atoms with Crippen LogP contribution in [0.1, 0.15) is 38.8 Å². The fraction of sp³-hybridized carbons (Fsp3) is 0.619. The van der Waals surface area contributed by atoms with Crippen molar-refractivity contribution in [2.24, 2.45) is 11.7 Å². The van der Waals surface area contributed by atoms with Gasteiger partial charge in [-0.05, 0) is 30.8 Å². The van der Waals surface area contributed by atoms with Crippen molar-refractivity contribution >= 4 is 41.4 Å². The molecule has 1 aromatic rings. The topological polar surface area (TPSA) is 217 Å². The fourth-order valence-corrected chi connectivity index (χ4v) is 3.55. The van der Waals surface area contributed by atoms with Gasteiger partial charge in [-0.15, -0.1) is 0 Å². The van der Waals surface area contributed by atoms with Crippen LogP contribution in [0.2, 0.25) is 0 Å². The van der Waals surface area contributed by atoms with Gasteiger partial charge in [0.05, 0.1) is 12.4 Å². The lowest BCUT2D eigenvalue weighted by molar-refractivity contribution is -0.144. The largest absolute Gasteiger partial charge is 0.481 e. The number of hydrogen-bond acceptors (Lipinski definition) is 8. The summed E-state index contributed by atoms with van der Waals surface area (Å²) in [5.74, 6) is -4.43. The summed E-state index contributed by atoms with van der Waals surface area (Å²) < 4.78 is 0. The molecule has 1 heterocycles. The van der Waals surface area contributed by atoms with E-state index in [1.54, 1.807) is 13.8 Å². The molecule has 4 unspecified atom stereocenters. The van der Waals surface area contributed by atoms with E-state index in [-0.39, 0.29) is 12.8 Å². The van der Waals surface area contributed by atoms with Crippen LogP contribution < -0.4 is 21.7 Å². The van der Waals surface area contributed by atoms with Crippen LogP contribution in [0, 0.1) is 5.92 Å². The Balaban J connectivity index is 3.06. The Bertz CT molecular complexity index is 864. The molecule has 0 aliphatic rings.